The topological polar surface area (TPSA) is 41.6 Å². The van der Waals surface area contributed by atoms with E-state index in [0.29, 0.717) is 12.0 Å². The van der Waals surface area contributed by atoms with Crippen molar-refractivity contribution in [3.8, 4) is 0 Å². The molecule has 1 atom stereocenters. The van der Waals surface area contributed by atoms with Crippen LogP contribution in [-0.4, -0.2) is 18.5 Å². The Kier molecular flexibility index (Phi) is 2.62. The van der Waals surface area contributed by atoms with Gasteiger partial charge in [-0.1, -0.05) is 39.0 Å². The van der Waals surface area contributed by atoms with Gasteiger partial charge in [-0.25, -0.2) is 0 Å². The van der Waals surface area contributed by atoms with Gasteiger partial charge in [-0.15, -0.1) is 0 Å². The van der Waals surface area contributed by atoms with E-state index in [1.807, 2.05) is 18.2 Å². The fourth-order valence-corrected chi connectivity index (χ4v) is 2.06. The Morgan fingerprint density at radius 1 is 1.25 bits per heavy atom. The van der Waals surface area contributed by atoms with Crippen LogP contribution in [0.25, 0.3) is 0 Å². The van der Waals surface area contributed by atoms with Crippen molar-refractivity contribution in [3.05, 3.63) is 30.3 Å². The zero-order chi connectivity index (χ0) is 11.8. The first-order chi connectivity index (χ1) is 7.50. The highest BCUT2D eigenvalue weighted by molar-refractivity contribution is 5.97. The third-order valence-corrected chi connectivity index (χ3v) is 3.02. The van der Waals surface area contributed by atoms with E-state index in [-0.39, 0.29) is 5.41 Å². The Hall–Kier alpha value is -1.51. The molecular weight excluding hydrogens is 198 g/mol. The number of nitrogens with zero attached hydrogens (tertiary/aromatic N) is 2. The zero-order valence-corrected chi connectivity index (χ0v) is 10.1. The molecule has 1 aliphatic rings. The number of para-hydroxylation sites is 1. The molecule has 0 spiro atoms. The molecule has 1 aromatic rings. The SMILES string of the molecule is CC(C)(C)C1CN=C(N)N1c1ccccc1. The van der Waals surface area contributed by atoms with Crippen molar-refractivity contribution in [2.75, 3.05) is 11.4 Å². The molecule has 0 saturated carbocycles. The first kappa shape index (κ1) is 11.0. The minimum Gasteiger partial charge on any atom is -0.370 e. The van der Waals surface area contributed by atoms with Crippen LogP contribution in [0.1, 0.15) is 20.8 Å². The molecule has 1 heterocycles. The molecule has 0 aliphatic carbocycles. The lowest BCUT2D eigenvalue weighted by atomic mass is 9.86. The molecule has 0 aromatic heterocycles. The van der Waals surface area contributed by atoms with E-state index in [1.54, 1.807) is 0 Å². The summed E-state index contributed by atoms with van der Waals surface area (Å²) in [6.45, 7) is 7.45. The highest BCUT2D eigenvalue weighted by Crippen LogP contribution is 2.31. The lowest BCUT2D eigenvalue weighted by Crippen LogP contribution is -2.47. The molecule has 86 valence electrons. The van der Waals surface area contributed by atoms with Crippen LogP contribution < -0.4 is 10.6 Å². The van der Waals surface area contributed by atoms with E-state index >= 15 is 0 Å². The number of nitrogens with two attached hydrogens (primary N) is 1. The molecule has 0 saturated heterocycles. The van der Waals surface area contributed by atoms with Crippen LogP contribution >= 0.6 is 0 Å². The third-order valence-electron chi connectivity index (χ3n) is 3.02. The molecule has 3 nitrogen and oxygen atoms in total. The second-order valence-corrected chi connectivity index (χ2v) is 5.29. The van der Waals surface area contributed by atoms with Crippen molar-refractivity contribution < 1.29 is 0 Å². The van der Waals surface area contributed by atoms with Gasteiger partial charge in [-0.05, 0) is 17.5 Å². The van der Waals surface area contributed by atoms with Crippen LogP contribution in [0.15, 0.2) is 35.3 Å². The number of anilines is 1. The average Bonchev–Trinajstić information content (AvgIpc) is 2.61. The maximum absolute atomic E-state index is 5.97. The molecule has 2 rings (SSSR count). The van der Waals surface area contributed by atoms with Crippen molar-refractivity contribution >= 4 is 11.6 Å². The van der Waals surface area contributed by atoms with E-state index in [9.17, 15) is 0 Å². The van der Waals surface area contributed by atoms with Gasteiger partial charge in [0.15, 0.2) is 5.96 Å². The van der Waals surface area contributed by atoms with Crippen LogP contribution in [-0.2, 0) is 0 Å². The van der Waals surface area contributed by atoms with Gasteiger partial charge in [-0.2, -0.15) is 0 Å². The summed E-state index contributed by atoms with van der Waals surface area (Å²) < 4.78 is 0. The van der Waals surface area contributed by atoms with Crippen molar-refractivity contribution in [2.45, 2.75) is 26.8 Å². The Labute approximate surface area is 97.0 Å². The van der Waals surface area contributed by atoms with E-state index in [4.69, 9.17) is 5.73 Å². The van der Waals surface area contributed by atoms with Crippen LogP contribution in [0.3, 0.4) is 0 Å². The molecule has 2 N–H and O–H groups in total. The van der Waals surface area contributed by atoms with E-state index in [0.717, 1.165) is 12.2 Å². The fraction of sp³-hybridized carbons (Fsp3) is 0.462. The minimum absolute atomic E-state index is 0.167. The normalized spacial score (nSPS) is 21.1. The number of hydrogen-bond donors (Lipinski definition) is 1. The highest BCUT2D eigenvalue weighted by Gasteiger charge is 2.36. The summed E-state index contributed by atoms with van der Waals surface area (Å²) in [5, 5.41) is 0. The largest absolute Gasteiger partial charge is 0.370 e. The molecule has 3 heteroatoms. The maximum Gasteiger partial charge on any atom is 0.196 e. The van der Waals surface area contributed by atoms with Gasteiger partial charge >= 0.3 is 0 Å². The summed E-state index contributed by atoms with van der Waals surface area (Å²) in [6, 6.07) is 10.6. The molecule has 16 heavy (non-hydrogen) atoms. The quantitative estimate of drug-likeness (QED) is 0.783. The lowest BCUT2D eigenvalue weighted by molar-refractivity contribution is 0.336. The van der Waals surface area contributed by atoms with Gasteiger partial charge in [0, 0.05) is 5.69 Å². The summed E-state index contributed by atoms with van der Waals surface area (Å²) >= 11 is 0. The Bertz CT molecular complexity index is 389. The van der Waals surface area contributed by atoms with Crippen molar-refractivity contribution in [3.63, 3.8) is 0 Å². The predicted molar refractivity (Wildman–Crippen MR) is 68.7 cm³/mol. The standard InChI is InChI=1S/C13H19N3/c1-13(2,3)11-9-15-12(14)16(11)10-7-5-4-6-8-10/h4-8,11H,9H2,1-3H3,(H2,14,15). The first-order valence-corrected chi connectivity index (χ1v) is 5.64. The van der Waals surface area contributed by atoms with Gasteiger partial charge < -0.3 is 10.6 Å². The zero-order valence-electron chi connectivity index (χ0n) is 10.1. The second kappa shape index (κ2) is 3.81. The lowest BCUT2D eigenvalue weighted by Gasteiger charge is -2.35. The first-order valence-electron chi connectivity index (χ1n) is 5.64. The summed E-state index contributed by atoms with van der Waals surface area (Å²) in [4.78, 5) is 6.50. The summed E-state index contributed by atoms with van der Waals surface area (Å²) in [5.74, 6) is 0.631. The molecule has 1 unspecified atom stereocenters. The minimum atomic E-state index is 0.167. The number of hydrogen-bond acceptors (Lipinski definition) is 3. The smallest absolute Gasteiger partial charge is 0.196 e. The maximum atomic E-state index is 5.97. The number of benzene rings is 1. The van der Waals surface area contributed by atoms with Crippen molar-refractivity contribution in [2.24, 2.45) is 16.1 Å². The second-order valence-electron chi connectivity index (χ2n) is 5.29. The number of rotatable bonds is 1. The summed E-state index contributed by atoms with van der Waals surface area (Å²) in [6.07, 6.45) is 0. The van der Waals surface area contributed by atoms with E-state index in [1.165, 1.54) is 0 Å². The van der Waals surface area contributed by atoms with Gasteiger partial charge in [0.1, 0.15) is 0 Å². The van der Waals surface area contributed by atoms with E-state index in [2.05, 4.69) is 42.8 Å². The van der Waals surface area contributed by atoms with Crippen LogP contribution in [0.2, 0.25) is 0 Å². The van der Waals surface area contributed by atoms with Crippen LogP contribution in [0.4, 0.5) is 5.69 Å². The van der Waals surface area contributed by atoms with Gasteiger partial charge in [-0.3, -0.25) is 4.99 Å². The molecule has 0 radical (unpaired) electrons. The third kappa shape index (κ3) is 1.90. The molecule has 1 aliphatic heterocycles. The van der Waals surface area contributed by atoms with Crippen molar-refractivity contribution in [1.29, 1.82) is 0 Å². The van der Waals surface area contributed by atoms with Crippen LogP contribution in [0.5, 0.6) is 0 Å². The highest BCUT2D eigenvalue weighted by atomic mass is 15.3. The van der Waals surface area contributed by atoms with Crippen molar-refractivity contribution in [1.82, 2.24) is 0 Å². The average molecular weight is 217 g/mol. The van der Waals surface area contributed by atoms with Crippen LogP contribution in [0, 0.1) is 5.41 Å². The molecule has 0 fully saturated rings. The van der Waals surface area contributed by atoms with Gasteiger partial charge in [0.05, 0.1) is 12.6 Å². The molecule has 0 amide bonds. The molecule has 1 aromatic carbocycles. The monoisotopic (exact) mass is 217 g/mol. The van der Waals surface area contributed by atoms with Gasteiger partial charge in [0.2, 0.25) is 0 Å². The Balaban J connectivity index is 2.34. The van der Waals surface area contributed by atoms with E-state index < -0.39 is 0 Å². The van der Waals surface area contributed by atoms with Gasteiger partial charge in [0.25, 0.3) is 0 Å². The Morgan fingerprint density at radius 2 is 1.88 bits per heavy atom. The summed E-state index contributed by atoms with van der Waals surface area (Å²) in [5.41, 5.74) is 7.27. The number of aliphatic imine (C=N–C) groups is 1. The number of guanidine groups is 1. The fourth-order valence-electron chi connectivity index (χ4n) is 2.06. The predicted octanol–water partition coefficient (Wildman–Crippen LogP) is 2.24. The Morgan fingerprint density at radius 3 is 2.44 bits per heavy atom. The summed E-state index contributed by atoms with van der Waals surface area (Å²) in [7, 11) is 0. The molecule has 0 bridgehead atoms. The molecular formula is C13H19N3.